The van der Waals surface area contributed by atoms with Crippen LogP contribution in [-0.4, -0.2) is 17.1 Å². The molecule has 7 nitrogen and oxygen atoms in total. The van der Waals surface area contributed by atoms with Gasteiger partial charge in [0, 0.05) is 6.54 Å². The smallest absolute Gasteiger partial charge is 0.225 e. The van der Waals surface area contributed by atoms with Crippen LogP contribution in [0.5, 0.6) is 5.75 Å². The zero-order valence-corrected chi connectivity index (χ0v) is 13.9. The summed E-state index contributed by atoms with van der Waals surface area (Å²) >= 11 is 0. The van der Waals surface area contributed by atoms with E-state index in [1.54, 1.807) is 13.3 Å². The second-order valence-electron chi connectivity index (χ2n) is 5.38. The lowest BCUT2D eigenvalue weighted by Crippen LogP contribution is -2.27. The summed E-state index contributed by atoms with van der Waals surface area (Å²) in [5.41, 5.74) is 8.25. The molecule has 0 bridgehead atoms. The van der Waals surface area contributed by atoms with Gasteiger partial charge in [-0.15, -0.1) is 0 Å². The van der Waals surface area contributed by atoms with E-state index in [0.717, 1.165) is 17.0 Å². The molecule has 0 saturated carbocycles. The van der Waals surface area contributed by atoms with Crippen molar-refractivity contribution in [3.05, 3.63) is 66.4 Å². The summed E-state index contributed by atoms with van der Waals surface area (Å²) in [5, 5.41) is 4.59. The molecule has 5 N–H and O–H groups in total. The van der Waals surface area contributed by atoms with Gasteiger partial charge >= 0.3 is 0 Å². The molecule has 0 unspecified atom stereocenters. The summed E-state index contributed by atoms with van der Waals surface area (Å²) in [7, 11) is 1.61. The molecule has 0 amide bonds. The fourth-order valence-electron chi connectivity index (χ4n) is 2.30. The predicted molar refractivity (Wildman–Crippen MR) is 99.5 cm³/mol. The van der Waals surface area contributed by atoms with Crippen LogP contribution >= 0.6 is 0 Å². The van der Waals surface area contributed by atoms with Crippen molar-refractivity contribution < 1.29 is 4.74 Å². The molecule has 1 aromatic heterocycles. The number of methoxy groups -OCH3 is 1. The van der Waals surface area contributed by atoms with Gasteiger partial charge in [0.05, 0.1) is 24.7 Å². The summed E-state index contributed by atoms with van der Waals surface area (Å²) in [6.45, 7) is 0.608. The van der Waals surface area contributed by atoms with Crippen LogP contribution in [0.15, 0.2) is 60.8 Å². The first-order valence-corrected chi connectivity index (χ1v) is 7.76. The Balaban J connectivity index is 1.78. The van der Waals surface area contributed by atoms with Gasteiger partial charge in [0.25, 0.3) is 0 Å². The van der Waals surface area contributed by atoms with Gasteiger partial charge in [0.15, 0.2) is 5.82 Å². The number of benzene rings is 2. The van der Waals surface area contributed by atoms with E-state index in [1.165, 1.54) is 5.01 Å². The SMILES string of the molecule is COc1ccc(N(N)c2nc(NCc3ccccc3)ncc2N)cc1. The van der Waals surface area contributed by atoms with E-state index in [2.05, 4.69) is 15.3 Å². The van der Waals surface area contributed by atoms with E-state index in [1.807, 2.05) is 54.6 Å². The van der Waals surface area contributed by atoms with E-state index in [-0.39, 0.29) is 0 Å². The van der Waals surface area contributed by atoms with Gasteiger partial charge in [0.2, 0.25) is 5.95 Å². The third-order valence-electron chi connectivity index (χ3n) is 3.67. The molecule has 128 valence electrons. The van der Waals surface area contributed by atoms with E-state index in [0.29, 0.717) is 24.0 Å². The van der Waals surface area contributed by atoms with Gasteiger partial charge in [-0.05, 0) is 29.8 Å². The molecule has 0 aliphatic heterocycles. The molecule has 25 heavy (non-hydrogen) atoms. The molecule has 1 heterocycles. The maximum absolute atomic E-state index is 6.18. The van der Waals surface area contributed by atoms with Crippen LogP contribution in [0.3, 0.4) is 0 Å². The largest absolute Gasteiger partial charge is 0.497 e. The quantitative estimate of drug-likeness (QED) is 0.470. The molecule has 3 rings (SSSR count). The molecule has 0 saturated heterocycles. The lowest BCUT2D eigenvalue weighted by molar-refractivity contribution is 0.415. The second-order valence-corrected chi connectivity index (χ2v) is 5.38. The van der Waals surface area contributed by atoms with Gasteiger partial charge in [-0.2, -0.15) is 4.98 Å². The number of nitrogens with two attached hydrogens (primary N) is 2. The van der Waals surface area contributed by atoms with Crippen molar-refractivity contribution in [2.24, 2.45) is 5.84 Å². The average molecular weight is 336 g/mol. The van der Waals surface area contributed by atoms with Crippen LogP contribution in [0.2, 0.25) is 0 Å². The number of hydrogen-bond donors (Lipinski definition) is 3. The summed E-state index contributed by atoms with van der Waals surface area (Å²) in [4.78, 5) is 8.64. The predicted octanol–water partition coefficient (Wildman–Crippen LogP) is 2.69. The number of rotatable bonds is 6. The van der Waals surface area contributed by atoms with E-state index in [9.17, 15) is 0 Å². The van der Waals surface area contributed by atoms with Crippen molar-refractivity contribution in [2.75, 3.05) is 23.2 Å². The Kier molecular flexibility index (Phi) is 4.96. The summed E-state index contributed by atoms with van der Waals surface area (Å²) in [6, 6.07) is 17.3. The van der Waals surface area contributed by atoms with Crippen molar-refractivity contribution in [3.8, 4) is 5.75 Å². The number of nitrogen functional groups attached to an aromatic ring is 1. The Labute approximate surface area is 146 Å². The molecule has 0 aliphatic rings. The Morgan fingerprint density at radius 3 is 2.48 bits per heavy atom. The van der Waals surface area contributed by atoms with Gasteiger partial charge in [-0.3, -0.25) is 5.01 Å². The second kappa shape index (κ2) is 7.50. The van der Waals surface area contributed by atoms with Gasteiger partial charge in [-0.1, -0.05) is 30.3 Å². The highest BCUT2D eigenvalue weighted by Crippen LogP contribution is 2.27. The van der Waals surface area contributed by atoms with E-state index in [4.69, 9.17) is 16.3 Å². The molecule has 0 radical (unpaired) electrons. The van der Waals surface area contributed by atoms with Crippen LogP contribution in [0.1, 0.15) is 5.56 Å². The van der Waals surface area contributed by atoms with Crippen molar-refractivity contribution in [1.29, 1.82) is 0 Å². The zero-order chi connectivity index (χ0) is 17.6. The van der Waals surface area contributed by atoms with E-state index < -0.39 is 0 Å². The molecule has 0 atom stereocenters. The molecule has 3 aromatic rings. The Hall–Kier alpha value is -3.32. The number of anilines is 4. The zero-order valence-electron chi connectivity index (χ0n) is 13.9. The van der Waals surface area contributed by atoms with Gasteiger partial charge in [-0.25, -0.2) is 10.8 Å². The number of ether oxygens (including phenoxy) is 1. The van der Waals surface area contributed by atoms with Crippen LogP contribution in [0.4, 0.5) is 23.1 Å². The minimum Gasteiger partial charge on any atom is -0.497 e. The number of hydrogen-bond acceptors (Lipinski definition) is 7. The normalized spacial score (nSPS) is 10.3. The fraction of sp³-hybridized carbons (Fsp3) is 0.111. The minimum absolute atomic E-state index is 0.392. The number of nitrogens with one attached hydrogen (secondary N) is 1. The number of nitrogens with zero attached hydrogens (tertiary/aromatic N) is 3. The van der Waals surface area contributed by atoms with Gasteiger partial charge < -0.3 is 15.8 Å². The topological polar surface area (TPSA) is 102 Å². The first-order valence-electron chi connectivity index (χ1n) is 7.76. The van der Waals surface area contributed by atoms with Crippen molar-refractivity contribution in [3.63, 3.8) is 0 Å². The lowest BCUT2D eigenvalue weighted by Gasteiger charge is -2.20. The summed E-state index contributed by atoms with van der Waals surface area (Å²) in [5.74, 6) is 7.81. The highest BCUT2D eigenvalue weighted by molar-refractivity contribution is 5.70. The maximum atomic E-state index is 6.18. The molecule has 2 aromatic carbocycles. The minimum atomic E-state index is 0.392. The Morgan fingerprint density at radius 1 is 1.08 bits per heavy atom. The van der Waals surface area contributed by atoms with Crippen LogP contribution in [-0.2, 0) is 6.54 Å². The fourth-order valence-corrected chi connectivity index (χ4v) is 2.30. The van der Waals surface area contributed by atoms with Crippen LogP contribution < -0.4 is 26.6 Å². The first-order chi connectivity index (χ1) is 12.2. The molecular weight excluding hydrogens is 316 g/mol. The number of hydrazine groups is 1. The average Bonchev–Trinajstić information content (AvgIpc) is 2.67. The third-order valence-corrected chi connectivity index (χ3v) is 3.67. The van der Waals surface area contributed by atoms with Crippen molar-refractivity contribution in [1.82, 2.24) is 9.97 Å². The molecule has 0 fully saturated rings. The molecule has 0 aliphatic carbocycles. The van der Waals surface area contributed by atoms with Crippen molar-refractivity contribution in [2.45, 2.75) is 6.54 Å². The standard InChI is InChI=1S/C18H20N6O/c1-25-15-9-7-14(8-10-15)24(20)17-16(19)12-22-18(23-17)21-11-13-5-3-2-4-6-13/h2-10,12H,11,19-20H2,1H3,(H,21,22,23). The molecule has 7 heteroatoms. The van der Waals surface area contributed by atoms with Crippen LogP contribution in [0, 0.1) is 0 Å². The van der Waals surface area contributed by atoms with Crippen LogP contribution in [0.25, 0.3) is 0 Å². The highest BCUT2D eigenvalue weighted by Gasteiger charge is 2.12. The first kappa shape index (κ1) is 16.5. The monoisotopic (exact) mass is 336 g/mol. The van der Waals surface area contributed by atoms with E-state index >= 15 is 0 Å². The maximum Gasteiger partial charge on any atom is 0.225 e. The molecular formula is C18H20N6O. The molecule has 0 spiro atoms. The summed E-state index contributed by atoms with van der Waals surface area (Å²) < 4.78 is 5.15. The lowest BCUT2D eigenvalue weighted by atomic mass is 10.2. The third kappa shape index (κ3) is 3.96. The Bertz CT molecular complexity index is 823. The van der Waals surface area contributed by atoms with Crippen molar-refractivity contribution >= 4 is 23.1 Å². The van der Waals surface area contributed by atoms with Gasteiger partial charge in [0.1, 0.15) is 5.75 Å². The summed E-state index contributed by atoms with van der Waals surface area (Å²) in [6.07, 6.45) is 1.54. The number of aromatic nitrogens is 2. The highest BCUT2D eigenvalue weighted by atomic mass is 16.5. The Morgan fingerprint density at radius 2 is 1.80 bits per heavy atom.